The van der Waals surface area contributed by atoms with E-state index in [1.165, 1.54) is 23.9 Å². The van der Waals surface area contributed by atoms with Crippen LogP contribution < -0.4 is 15.8 Å². The highest BCUT2D eigenvalue weighted by molar-refractivity contribution is 8.06. The maximum Gasteiger partial charge on any atom is 0.238 e. The van der Waals surface area contributed by atoms with Crippen LogP contribution in [-0.2, 0) is 16.4 Å². The first-order valence-electron chi connectivity index (χ1n) is 8.87. The summed E-state index contributed by atoms with van der Waals surface area (Å²) < 4.78 is 22.6. The highest BCUT2D eigenvalue weighted by Crippen LogP contribution is 2.31. The highest BCUT2D eigenvalue weighted by Gasteiger charge is 2.16. The van der Waals surface area contributed by atoms with Crippen LogP contribution in [0.1, 0.15) is 24.6 Å². The molecule has 0 spiro atoms. The number of nitrogens with two attached hydrogens (primary N) is 1. The molecule has 3 rings (SSSR count). The van der Waals surface area contributed by atoms with E-state index >= 15 is 0 Å². The molecular formula is C19H20N6O2S2. The Labute approximate surface area is 174 Å². The van der Waals surface area contributed by atoms with E-state index in [1.807, 2.05) is 12.3 Å². The molecule has 0 saturated heterocycles. The molecule has 150 valence electrons. The Bertz CT molecular complexity index is 1100. The monoisotopic (exact) mass is 428 g/mol. The molecule has 1 aliphatic heterocycles. The van der Waals surface area contributed by atoms with Crippen LogP contribution in [0.3, 0.4) is 0 Å². The van der Waals surface area contributed by atoms with Gasteiger partial charge in [-0.25, -0.2) is 23.5 Å². The first kappa shape index (κ1) is 20.9. The quantitative estimate of drug-likeness (QED) is 0.573. The van der Waals surface area contributed by atoms with Crippen molar-refractivity contribution in [3.8, 4) is 6.07 Å². The number of nitrogens with zero attached hydrogens (tertiary/aromatic N) is 3. The van der Waals surface area contributed by atoms with Crippen LogP contribution in [0.15, 0.2) is 57.6 Å². The van der Waals surface area contributed by atoms with Gasteiger partial charge < -0.3 is 10.6 Å². The van der Waals surface area contributed by atoms with Gasteiger partial charge in [-0.05, 0) is 42.0 Å². The lowest BCUT2D eigenvalue weighted by atomic mass is 10.1. The van der Waals surface area contributed by atoms with Crippen molar-refractivity contribution in [1.29, 1.82) is 5.26 Å². The topological polar surface area (TPSA) is 134 Å². The SMILES string of the molecule is CCC1=CS/C(=C(\C#N)c2ccnc(NCCc3ccc(S(N)(=O)=O)cc3)n2)N1. The van der Waals surface area contributed by atoms with Crippen LogP contribution in [0.2, 0.25) is 0 Å². The molecule has 1 aromatic heterocycles. The lowest BCUT2D eigenvalue weighted by Crippen LogP contribution is -2.12. The molecule has 0 atom stereocenters. The minimum absolute atomic E-state index is 0.0847. The number of hydrogen-bond acceptors (Lipinski definition) is 8. The second-order valence-corrected chi connectivity index (χ2v) is 8.63. The molecule has 8 nitrogen and oxygen atoms in total. The maximum absolute atomic E-state index is 11.3. The van der Waals surface area contributed by atoms with Crippen molar-refractivity contribution in [3.05, 3.63) is 63.9 Å². The molecule has 0 bridgehead atoms. The normalized spacial score (nSPS) is 15.3. The molecule has 29 heavy (non-hydrogen) atoms. The maximum atomic E-state index is 11.3. The van der Waals surface area contributed by atoms with Gasteiger partial charge in [0.1, 0.15) is 11.6 Å². The van der Waals surface area contributed by atoms with Gasteiger partial charge in [0, 0.05) is 18.4 Å². The Kier molecular flexibility index (Phi) is 6.53. The third-order valence-corrected chi connectivity index (χ3v) is 6.05. The van der Waals surface area contributed by atoms with Crippen molar-refractivity contribution in [2.75, 3.05) is 11.9 Å². The predicted molar refractivity (Wildman–Crippen MR) is 114 cm³/mol. The number of primary sulfonamides is 1. The summed E-state index contributed by atoms with van der Waals surface area (Å²) in [4.78, 5) is 8.73. The summed E-state index contributed by atoms with van der Waals surface area (Å²) >= 11 is 1.48. The predicted octanol–water partition coefficient (Wildman–Crippen LogP) is 2.56. The molecule has 1 aromatic carbocycles. The zero-order valence-corrected chi connectivity index (χ0v) is 17.3. The summed E-state index contributed by atoms with van der Waals surface area (Å²) in [7, 11) is -3.69. The lowest BCUT2D eigenvalue weighted by Gasteiger charge is -2.08. The van der Waals surface area contributed by atoms with Crippen molar-refractivity contribution in [3.63, 3.8) is 0 Å². The van der Waals surface area contributed by atoms with Crippen LogP contribution in [0.5, 0.6) is 0 Å². The van der Waals surface area contributed by atoms with Gasteiger partial charge in [-0.3, -0.25) is 0 Å². The third kappa shape index (κ3) is 5.35. The van der Waals surface area contributed by atoms with E-state index in [2.05, 4.69) is 26.7 Å². The Morgan fingerprint density at radius 3 is 2.69 bits per heavy atom. The number of nitriles is 1. The zero-order valence-electron chi connectivity index (χ0n) is 15.7. The van der Waals surface area contributed by atoms with Gasteiger partial charge in [-0.15, -0.1) is 0 Å². The summed E-state index contributed by atoms with van der Waals surface area (Å²) in [5.74, 6) is 0.420. The van der Waals surface area contributed by atoms with E-state index in [0.29, 0.717) is 30.2 Å². The lowest BCUT2D eigenvalue weighted by molar-refractivity contribution is 0.598. The number of benzene rings is 1. The van der Waals surface area contributed by atoms with Gasteiger partial charge in [0.15, 0.2) is 0 Å². The molecule has 0 amide bonds. The van der Waals surface area contributed by atoms with E-state index in [4.69, 9.17) is 5.14 Å². The van der Waals surface area contributed by atoms with Gasteiger partial charge in [-0.1, -0.05) is 30.8 Å². The summed E-state index contributed by atoms with van der Waals surface area (Å²) in [6.45, 7) is 2.59. The molecular weight excluding hydrogens is 408 g/mol. The smallest absolute Gasteiger partial charge is 0.238 e. The first-order chi connectivity index (χ1) is 13.9. The second-order valence-electron chi connectivity index (χ2n) is 6.19. The summed E-state index contributed by atoms with van der Waals surface area (Å²) in [5.41, 5.74) is 3.03. The molecule has 4 N–H and O–H groups in total. The minimum Gasteiger partial charge on any atom is -0.354 e. The number of hydrogen-bond donors (Lipinski definition) is 3. The Balaban J connectivity index is 1.65. The molecule has 2 aromatic rings. The van der Waals surface area contributed by atoms with Gasteiger partial charge in [-0.2, -0.15) is 5.26 Å². The number of allylic oxidation sites excluding steroid dienone is 2. The van der Waals surface area contributed by atoms with E-state index in [9.17, 15) is 13.7 Å². The molecule has 0 fully saturated rings. The Morgan fingerprint density at radius 1 is 1.31 bits per heavy atom. The van der Waals surface area contributed by atoms with Crippen LogP contribution in [-0.4, -0.2) is 24.9 Å². The zero-order chi connectivity index (χ0) is 20.9. The molecule has 0 radical (unpaired) electrons. The molecule has 1 aliphatic rings. The van der Waals surface area contributed by atoms with E-state index < -0.39 is 10.0 Å². The van der Waals surface area contributed by atoms with Gasteiger partial charge in [0.05, 0.1) is 15.6 Å². The van der Waals surface area contributed by atoms with Crippen molar-refractivity contribution < 1.29 is 8.42 Å². The Morgan fingerprint density at radius 2 is 2.07 bits per heavy atom. The number of aromatic nitrogens is 2. The third-order valence-electron chi connectivity index (χ3n) is 4.17. The summed E-state index contributed by atoms with van der Waals surface area (Å²) in [6.07, 6.45) is 3.12. The van der Waals surface area contributed by atoms with Gasteiger partial charge in [0.2, 0.25) is 16.0 Å². The van der Waals surface area contributed by atoms with E-state index in [1.54, 1.807) is 24.4 Å². The number of nitrogens with one attached hydrogen (secondary N) is 2. The number of sulfonamides is 1. The van der Waals surface area contributed by atoms with Gasteiger partial charge >= 0.3 is 0 Å². The number of thioether (sulfide) groups is 1. The van der Waals surface area contributed by atoms with Gasteiger partial charge in [0.25, 0.3) is 0 Å². The molecule has 0 unspecified atom stereocenters. The fraction of sp³-hybridized carbons (Fsp3) is 0.211. The van der Waals surface area contributed by atoms with E-state index in [0.717, 1.165) is 22.7 Å². The molecule has 0 saturated carbocycles. The summed E-state index contributed by atoms with van der Waals surface area (Å²) in [5, 5.41) is 23.8. The minimum atomic E-state index is -3.69. The van der Waals surface area contributed by atoms with Crippen LogP contribution in [0.25, 0.3) is 5.57 Å². The molecule has 10 heteroatoms. The van der Waals surface area contributed by atoms with Crippen molar-refractivity contribution in [1.82, 2.24) is 15.3 Å². The van der Waals surface area contributed by atoms with Crippen molar-refractivity contribution in [2.45, 2.75) is 24.7 Å². The fourth-order valence-corrected chi connectivity index (χ4v) is 4.06. The van der Waals surface area contributed by atoms with Crippen molar-refractivity contribution in [2.24, 2.45) is 5.14 Å². The summed E-state index contributed by atoms with van der Waals surface area (Å²) in [6, 6.07) is 10.3. The van der Waals surface area contributed by atoms with Crippen LogP contribution >= 0.6 is 11.8 Å². The number of rotatable bonds is 7. The average molecular weight is 429 g/mol. The largest absolute Gasteiger partial charge is 0.354 e. The molecule has 0 aliphatic carbocycles. The average Bonchev–Trinajstić information content (AvgIpc) is 3.18. The first-order valence-corrected chi connectivity index (χ1v) is 11.3. The standard InChI is InChI=1S/C19H20N6O2S2/c1-2-14-12-28-18(24-14)16(11-20)17-8-10-23-19(25-17)22-9-7-13-3-5-15(6-4-13)29(21,26)27/h3-6,8,10,12,24H,2,7,9H2,1H3,(H2,21,26,27)(H,22,23,25)/b18-16+. The van der Waals surface area contributed by atoms with Crippen molar-refractivity contribution >= 4 is 33.3 Å². The second kappa shape index (κ2) is 9.09. The van der Waals surface area contributed by atoms with E-state index in [-0.39, 0.29) is 4.90 Å². The van der Waals surface area contributed by atoms with Crippen LogP contribution in [0, 0.1) is 11.3 Å². The number of anilines is 1. The highest BCUT2D eigenvalue weighted by atomic mass is 32.2. The van der Waals surface area contributed by atoms with Crippen LogP contribution in [0.4, 0.5) is 5.95 Å². The Hall–Kier alpha value is -2.87. The fourth-order valence-electron chi connectivity index (χ4n) is 2.60. The molecule has 2 heterocycles.